The van der Waals surface area contributed by atoms with Crippen LogP contribution in [-0.2, 0) is 0 Å². The van der Waals surface area contributed by atoms with Crippen LogP contribution < -0.4 is 0 Å². The van der Waals surface area contributed by atoms with Gasteiger partial charge in [-0.15, -0.1) is 0 Å². The van der Waals surface area contributed by atoms with Crippen molar-refractivity contribution in [2.24, 2.45) is 10.2 Å². The highest BCUT2D eigenvalue weighted by molar-refractivity contribution is 6.20. The Hall–Kier alpha value is -0.110. The van der Waals surface area contributed by atoms with Gasteiger partial charge in [-0.25, -0.2) is 0 Å². The summed E-state index contributed by atoms with van der Waals surface area (Å²) in [7, 11) is 0. The Bertz CT molecular complexity index is 71.2. The van der Waals surface area contributed by atoms with E-state index in [2.05, 4.69) is 10.2 Å². The normalized spacial score (nSPS) is 31.8. The largest absolute Gasteiger partial charge is 0.193 e. The molecule has 1 heterocycles. The summed E-state index contributed by atoms with van der Waals surface area (Å²) >= 11 is 5.45. The molecule has 2 nitrogen and oxygen atoms in total. The second kappa shape index (κ2) is 1.56. The summed E-state index contributed by atoms with van der Waals surface area (Å²) in [6.07, 6.45) is 0.918. The summed E-state index contributed by atoms with van der Waals surface area (Å²) < 4.78 is 0. The number of azo groups is 1. The molecular weight excluding hydrogens is 99.5 g/mol. The van der Waals surface area contributed by atoms with Gasteiger partial charge in [-0.2, -0.15) is 10.2 Å². The summed E-state index contributed by atoms with van der Waals surface area (Å²) in [5, 5.41) is 7.28. The van der Waals surface area contributed by atoms with E-state index in [1.54, 1.807) is 0 Å². The molecule has 1 aliphatic heterocycles. The van der Waals surface area contributed by atoms with Crippen LogP contribution in [0.3, 0.4) is 0 Å². The molecular formula is C3H5ClN2. The van der Waals surface area contributed by atoms with Crippen molar-refractivity contribution in [3.8, 4) is 0 Å². The maximum Gasteiger partial charge on any atom is 0.146 e. The first kappa shape index (κ1) is 4.06. The van der Waals surface area contributed by atoms with E-state index in [9.17, 15) is 0 Å². The van der Waals surface area contributed by atoms with Crippen molar-refractivity contribution in [2.75, 3.05) is 6.54 Å². The molecule has 0 aromatic heterocycles. The van der Waals surface area contributed by atoms with Crippen LogP contribution in [-0.4, -0.2) is 12.0 Å². The molecule has 6 heavy (non-hydrogen) atoms. The lowest BCUT2D eigenvalue weighted by Gasteiger charge is -1.82. The fourth-order valence-corrected chi connectivity index (χ4v) is 0.528. The quantitative estimate of drug-likeness (QED) is 0.328. The summed E-state index contributed by atoms with van der Waals surface area (Å²) in [5.74, 6) is 0. The Kier molecular flexibility index (Phi) is 1.05. The van der Waals surface area contributed by atoms with Gasteiger partial charge in [-0.3, -0.25) is 0 Å². The Morgan fingerprint density at radius 2 is 2.50 bits per heavy atom. The summed E-state index contributed by atoms with van der Waals surface area (Å²) in [4.78, 5) is 0. The van der Waals surface area contributed by atoms with Gasteiger partial charge >= 0.3 is 0 Å². The van der Waals surface area contributed by atoms with Crippen LogP contribution >= 0.6 is 11.6 Å². The minimum Gasteiger partial charge on any atom is -0.193 e. The minimum atomic E-state index is -0.0231. The monoisotopic (exact) mass is 104 g/mol. The van der Waals surface area contributed by atoms with Crippen molar-refractivity contribution in [1.29, 1.82) is 0 Å². The van der Waals surface area contributed by atoms with Crippen molar-refractivity contribution in [3.63, 3.8) is 0 Å². The van der Waals surface area contributed by atoms with Gasteiger partial charge in [0, 0.05) is 6.42 Å². The van der Waals surface area contributed by atoms with Gasteiger partial charge in [-0.1, -0.05) is 11.6 Å². The van der Waals surface area contributed by atoms with Gasteiger partial charge in [0.05, 0.1) is 6.54 Å². The predicted octanol–water partition coefficient (Wildman–Crippen LogP) is 1.41. The minimum absolute atomic E-state index is 0.0231. The zero-order chi connectivity index (χ0) is 4.41. The molecule has 0 saturated carbocycles. The van der Waals surface area contributed by atoms with Crippen molar-refractivity contribution in [1.82, 2.24) is 0 Å². The molecule has 0 bridgehead atoms. The van der Waals surface area contributed by atoms with Gasteiger partial charge in [0.2, 0.25) is 0 Å². The lowest BCUT2D eigenvalue weighted by molar-refractivity contribution is 0.911. The molecule has 34 valence electrons. The molecule has 1 unspecified atom stereocenters. The van der Waals surface area contributed by atoms with Crippen molar-refractivity contribution in [3.05, 3.63) is 0 Å². The van der Waals surface area contributed by atoms with Crippen LogP contribution in [0, 0.1) is 0 Å². The van der Waals surface area contributed by atoms with E-state index in [0.29, 0.717) is 0 Å². The topological polar surface area (TPSA) is 24.7 Å². The first-order valence-corrected chi connectivity index (χ1v) is 2.34. The van der Waals surface area contributed by atoms with Gasteiger partial charge in [-0.05, 0) is 0 Å². The third-order valence-electron chi connectivity index (χ3n) is 0.674. The molecule has 0 aromatic rings. The van der Waals surface area contributed by atoms with Crippen LogP contribution in [0.1, 0.15) is 6.42 Å². The third kappa shape index (κ3) is 0.684. The van der Waals surface area contributed by atoms with Crippen molar-refractivity contribution >= 4 is 11.6 Å². The summed E-state index contributed by atoms with van der Waals surface area (Å²) in [6, 6.07) is 0. The fourth-order valence-electron chi connectivity index (χ4n) is 0.368. The molecule has 0 amide bonds. The summed E-state index contributed by atoms with van der Waals surface area (Å²) in [5.41, 5.74) is -0.0231. The van der Waals surface area contributed by atoms with Crippen molar-refractivity contribution in [2.45, 2.75) is 11.9 Å². The van der Waals surface area contributed by atoms with E-state index in [4.69, 9.17) is 11.6 Å². The molecule has 1 aliphatic rings. The average Bonchev–Trinajstić information content (AvgIpc) is 1.86. The number of halogens is 1. The van der Waals surface area contributed by atoms with Crippen LogP contribution in [0.5, 0.6) is 0 Å². The maximum atomic E-state index is 5.45. The predicted molar refractivity (Wildman–Crippen MR) is 24.0 cm³/mol. The van der Waals surface area contributed by atoms with E-state index in [-0.39, 0.29) is 5.50 Å². The molecule has 0 saturated heterocycles. The Morgan fingerprint density at radius 1 is 1.67 bits per heavy atom. The van der Waals surface area contributed by atoms with Crippen LogP contribution in [0.4, 0.5) is 0 Å². The molecule has 3 heteroatoms. The van der Waals surface area contributed by atoms with E-state index >= 15 is 0 Å². The molecule has 1 atom stereocenters. The Balaban J connectivity index is 2.38. The van der Waals surface area contributed by atoms with E-state index in [1.807, 2.05) is 0 Å². The molecule has 0 radical (unpaired) electrons. The Morgan fingerprint density at radius 3 is 2.67 bits per heavy atom. The number of hydrogen-bond acceptors (Lipinski definition) is 2. The molecule has 0 N–H and O–H groups in total. The van der Waals surface area contributed by atoms with Gasteiger partial charge in [0.15, 0.2) is 0 Å². The third-order valence-corrected chi connectivity index (χ3v) is 0.980. The SMILES string of the molecule is ClC1CCN=N1. The van der Waals surface area contributed by atoms with Gasteiger partial charge in [0.1, 0.15) is 5.50 Å². The highest BCUT2D eigenvalue weighted by atomic mass is 35.5. The average molecular weight is 105 g/mol. The van der Waals surface area contributed by atoms with E-state index in [1.165, 1.54) is 0 Å². The fraction of sp³-hybridized carbons (Fsp3) is 1.00. The first-order chi connectivity index (χ1) is 2.89. The maximum absolute atomic E-state index is 5.45. The van der Waals surface area contributed by atoms with Gasteiger partial charge < -0.3 is 0 Å². The zero-order valence-electron chi connectivity index (χ0n) is 3.26. The number of nitrogens with zero attached hydrogens (tertiary/aromatic N) is 2. The molecule has 0 aliphatic carbocycles. The number of rotatable bonds is 0. The molecule has 0 fully saturated rings. The lowest BCUT2D eigenvalue weighted by atomic mass is 10.5. The highest BCUT2D eigenvalue weighted by Gasteiger charge is 2.04. The Labute approximate surface area is 41.2 Å². The molecule has 1 rings (SSSR count). The standard InChI is InChI=1S/C3H5ClN2/c4-3-1-2-5-6-3/h3H,1-2H2. The molecule has 0 aromatic carbocycles. The highest BCUT2D eigenvalue weighted by Crippen LogP contribution is 2.09. The molecule has 0 spiro atoms. The smallest absolute Gasteiger partial charge is 0.146 e. The second-order valence-corrected chi connectivity index (χ2v) is 1.71. The van der Waals surface area contributed by atoms with Gasteiger partial charge in [0.25, 0.3) is 0 Å². The van der Waals surface area contributed by atoms with E-state index < -0.39 is 0 Å². The van der Waals surface area contributed by atoms with Crippen LogP contribution in [0.2, 0.25) is 0 Å². The van der Waals surface area contributed by atoms with Crippen LogP contribution in [0.25, 0.3) is 0 Å². The van der Waals surface area contributed by atoms with Crippen LogP contribution in [0.15, 0.2) is 10.2 Å². The van der Waals surface area contributed by atoms with Crippen molar-refractivity contribution < 1.29 is 0 Å². The second-order valence-electron chi connectivity index (χ2n) is 1.20. The van der Waals surface area contributed by atoms with E-state index in [0.717, 1.165) is 13.0 Å². The summed E-state index contributed by atoms with van der Waals surface area (Å²) in [6.45, 7) is 0.814. The first-order valence-electron chi connectivity index (χ1n) is 1.90. The zero-order valence-corrected chi connectivity index (χ0v) is 4.02. The number of hydrogen-bond donors (Lipinski definition) is 0. The number of alkyl halides is 1. The lowest BCUT2D eigenvalue weighted by Crippen LogP contribution is -1.84.